The standard InChI is InChI=1S/C18H17N5O2/c24-18(14-5-6-16-13(9-14)4-2-8-25-16)21-10-15-3-1-7-20-17(15)23-12-19-11-22-23/h1,3,5-7,9,11-12H,2,4,8,10H2,(H,21,24). The van der Waals surface area contributed by atoms with Crippen LogP contribution in [0.25, 0.3) is 5.82 Å². The van der Waals surface area contributed by atoms with Gasteiger partial charge in [-0.25, -0.2) is 14.6 Å². The number of aromatic nitrogens is 4. The van der Waals surface area contributed by atoms with Gasteiger partial charge in [0, 0.05) is 23.9 Å². The molecule has 0 saturated carbocycles. The molecule has 1 aliphatic heterocycles. The molecule has 3 aromatic rings. The van der Waals surface area contributed by atoms with Crippen LogP contribution in [-0.4, -0.2) is 32.3 Å². The van der Waals surface area contributed by atoms with Crippen LogP contribution >= 0.6 is 0 Å². The summed E-state index contributed by atoms with van der Waals surface area (Å²) < 4.78 is 7.17. The second-order valence-electron chi connectivity index (χ2n) is 5.78. The quantitative estimate of drug-likeness (QED) is 0.788. The molecule has 0 unspecified atom stereocenters. The smallest absolute Gasteiger partial charge is 0.251 e. The highest BCUT2D eigenvalue weighted by Crippen LogP contribution is 2.25. The molecule has 25 heavy (non-hydrogen) atoms. The molecule has 0 saturated heterocycles. The predicted molar refractivity (Wildman–Crippen MR) is 90.6 cm³/mol. The SMILES string of the molecule is O=C(NCc1cccnc1-n1cncn1)c1ccc2c(c1)CCCO2. The number of pyridine rings is 1. The highest BCUT2D eigenvalue weighted by Gasteiger charge is 2.14. The van der Waals surface area contributed by atoms with Crippen molar-refractivity contribution >= 4 is 5.91 Å². The highest BCUT2D eigenvalue weighted by atomic mass is 16.5. The minimum Gasteiger partial charge on any atom is -0.493 e. The maximum Gasteiger partial charge on any atom is 0.251 e. The first-order chi connectivity index (χ1) is 12.3. The number of aryl methyl sites for hydroxylation is 1. The Labute approximate surface area is 144 Å². The van der Waals surface area contributed by atoms with E-state index >= 15 is 0 Å². The first-order valence-corrected chi connectivity index (χ1v) is 8.14. The number of carbonyl (C=O) groups excluding carboxylic acids is 1. The van der Waals surface area contributed by atoms with E-state index < -0.39 is 0 Å². The van der Waals surface area contributed by atoms with Gasteiger partial charge in [-0.2, -0.15) is 5.10 Å². The van der Waals surface area contributed by atoms with Crippen LogP contribution in [0.1, 0.15) is 27.9 Å². The molecule has 1 N–H and O–H groups in total. The summed E-state index contributed by atoms with van der Waals surface area (Å²) in [5, 5.41) is 7.04. The van der Waals surface area contributed by atoms with Crippen LogP contribution in [0.15, 0.2) is 49.2 Å². The fourth-order valence-electron chi connectivity index (χ4n) is 2.87. The van der Waals surface area contributed by atoms with Crippen molar-refractivity contribution in [3.8, 4) is 11.6 Å². The van der Waals surface area contributed by atoms with Gasteiger partial charge in [0.15, 0.2) is 5.82 Å². The first-order valence-electron chi connectivity index (χ1n) is 8.14. The average molecular weight is 335 g/mol. The topological polar surface area (TPSA) is 81.9 Å². The van der Waals surface area contributed by atoms with Crippen molar-refractivity contribution < 1.29 is 9.53 Å². The predicted octanol–water partition coefficient (Wildman–Crippen LogP) is 1.92. The van der Waals surface area contributed by atoms with E-state index in [0.29, 0.717) is 17.9 Å². The lowest BCUT2D eigenvalue weighted by molar-refractivity contribution is 0.0950. The molecule has 0 spiro atoms. The molecule has 1 aromatic carbocycles. The summed E-state index contributed by atoms with van der Waals surface area (Å²) >= 11 is 0. The van der Waals surface area contributed by atoms with E-state index in [4.69, 9.17) is 4.74 Å². The monoisotopic (exact) mass is 335 g/mol. The Morgan fingerprint density at radius 3 is 3.16 bits per heavy atom. The molecule has 4 rings (SSSR count). The third-order valence-electron chi connectivity index (χ3n) is 4.11. The largest absolute Gasteiger partial charge is 0.493 e. The summed E-state index contributed by atoms with van der Waals surface area (Å²) in [6.07, 6.45) is 6.64. The van der Waals surface area contributed by atoms with Gasteiger partial charge in [-0.1, -0.05) is 6.07 Å². The number of benzene rings is 1. The van der Waals surface area contributed by atoms with Gasteiger partial charge in [0.1, 0.15) is 18.4 Å². The average Bonchev–Trinajstić information content (AvgIpc) is 3.20. The molecular weight excluding hydrogens is 318 g/mol. The second kappa shape index (κ2) is 6.72. The van der Waals surface area contributed by atoms with E-state index in [9.17, 15) is 4.79 Å². The van der Waals surface area contributed by atoms with Gasteiger partial charge < -0.3 is 10.1 Å². The molecule has 1 aliphatic rings. The molecule has 126 valence electrons. The van der Waals surface area contributed by atoms with Crippen molar-refractivity contribution in [2.75, 3.05) is 6.61 Å². The van der Waals surface area contributed by atoms with Crippen LogP contribution < -0.4 is 10.1 Å². The zero-order chi connectivity index (χ0) is 17.1. The molecule has 0 radical (unpaired) electrons. The molecular formula is C18H17N5O2. The maximum atomic E-state index is 12.5. The molecule has 3 heterocycles. The summed E-state index contributed by atoms with van der Waals surface area (Å²) in [7, 11) is 0. The van der Waals surface area contributed by atoms with E-state index in [1.54, 1.807) is 23.3 Å². The molecule has 1 amide bonds. The van der Waals surface area contributed by atoms with Gasteiger partial charge in [-0.05, 0) is 42.7 Å². The van der Waals surface area contributed by atoms with Crippen LogP contribution in [0.4, 0.5) is 0 Å². The van der Waals surface area contributed by atoms with Crippen LogP contribution in [-0.2, 0) is 13.0 Å². The van der Waals surface area contributed by atoms with Crippen molar-refractivity contribution in [2.24, 2.45) is 0 Å². The van der Waals surface area contributed by atoms with E-state index in [-0.39, 0.29) is 5.91 Å². The van der Waals surface area contributed by atoms with Gasteiger partial charge in [0.05, 0.1) is 6.61 Å². The zero-order valence-electron chi connectivity index (χ0n) is 13.6. The summed E-state index contributed by atoms with van der Waals surface area (Å²) in [4.78, 5) is 20.8. The van der Waals surface area contributed by atoms with Gasteiger partial charge in [0.25, 0.3) is 5.91 Å². The number of ether oxygens (including phenoxy) is 1. The maximum absolute atomic E-state index is 12.5. The van der Waals surface area contributed by atoms with Crippen LogP contribution in [0.2, 0.25) is 0 Å². The summed E-state index contributed by atoms with van der Waals surface area (Å²) in [6.45, 7) is 1.10. The Bertz CT molecular complexity index is 892. The summed E-state index contributed by atoms with van der Waals surface area (Å²) in [5.41, 5.74) is 2.58. The number of nitrogens with zero attached hydrogens (tertiary/aromatic N) is 4. The third kappa shape index (κ3) is 3.21. The Kier molecular flexibility index (Phi) is 4.12. The first kappa shape index (κ1) is 15.3. The number of amides is 1. The van der Waals surface area contributed by atoms with E-state index in [0.717, 1.165) is 36.3 Å². The molecule has 0 bridgehead atoms. The van der Waals surface area contributed by atoms with Crippen molar-refractivity contribution in [1.29, 1.82) is 0 Å². The van der Waals surface area contributed by atoms with Crippen molar-refractivity contribution in [2.45, 2.75) is 19.4 Å². The number of carbonyl (C=O) groups is 1. The summed E-state index contributed by atoms with van der Waals surface area (Å²) in [6, 6.07) is 9.31. The molecule has 0 fully saturated rings. The fourth-order valence-corrected chi connectivity index (χ4v) is 2.87. The lowest BCUT2D eigenvalue weighted by atomic mass is 10.0. The Balaban J connectivity index is 1.50. The molecule has 7 nitrogen and oxygen atoms in total. The minimum atomic E-state index is -0.123. The van der Waals surface area contributed by atoms with E-state index in [2.05, 4.69) is 20.4 Å². The van der Waals surface area contributed by atoms with Gasteiger partial charge in [0.2, 0.25) is 0 Å². The molecule has 0 atom stereocenters. The normalized spacial score (nSPS) is 13.0. The second-order valence-corrected chi connectivity index (χ2v) is 5.78. The summed E-state index contributed by atoms with van der Waals surface area (Å²) in [5.74, 6) is 1.41. The number of hydrogen-bond donors (Lipinski definition) is 1. The van der Waals surface area contributed by atoms with Crippen LogP contribution in [0.5, 0.6) is 5.75 Å². The molecule has 2 aromatic heterocycles. The number of nitrogens with one attached hydrogen (secondary N) is 1. The Hall–Kier alpha value is -3.22. The molecule has 0 aliphatic carbocycles. The zero-order valence-corrected chi connectivity index (χ0v) is 13.6. The van der Waals surface area contributed by atoms with Crippen LogP contribution in [0.3, 0.4) is 0 Å². The van der Waals surface area contributed by atoms with E-state index in [1.807, 2.05) is 24.3 Å². The highest BCUT2D eigenvalue weighted by molar-refractivity contribution is 5.94. The lowest BCUT2D eigenvalue weighted by Gasteiger charge is -2.17. The Morgan fingerprint density at radius 2 is 2.28 bits per heavy atom. The van der Waals surface area contributed by atoms with E-state index in [1.165, 1.54) is 6.33 Å². The van der Waals surface area contributed by atoms with Gasteiger partial charge in [-0.3, -0.25) is 4.79 Å². The van der Waals surface area contributed by atoms with Crippen molar-refractivity contribution in [3.63, 3.8) is 0 Å². The van der Waals surface area contributed by atoms with Crippen molar-refractivity contribution in [1.82, 2.24) is 25.1 Å². The Morgan fingerprint density at radius 1 is 1.32 bits per heavy atom. The fraction of sp³-hybridized carbons (Fsp3) is 0.222. The molecule has 7 heteroatoms. The van der Waals surface area contributed by atoms with Gasteiger partial charge in [-0.15, -0.1) is 0 Å². The van der Waals surface area contributed by atoms with Gasteiger partial charge >= 0.3 is 0 Å². The number of fused-ring (bicyclic) bond motifs is 1. The minimum absolute atomic E-state index is 0.123. The number of hydrogen-bond acceptors (Lipinski definition) is 5. The number of rotatable bonds is 4. The third-order valence-corrected chi connectivity index (χ3v) is 4.11. The van der Waals surface area contributed by atoms with Crippen LogP contribution in [0, 0.1) is 0 Å². The van der Waals surface area contributed by atoms with Crippen molar-refractivity contribution in [3.05, 3.63) is 65.9 Å². The lowest BCUT2D eigenvalue weighted by Crippen LogP contribution is -2.24.